The Kier molecular flexibility index (Phi) is 5.87. The Bertz CT molecular complexity index is 463. The molecule has 2 unspecified atom stereocenters. The summed E-state index contributed by atoms with van der Waals surface area (Å²) >= 11 is 0. The molecule has 0 radical (unpaired) electrons. The van der Waals surface area contributed by atoms with Gasteiger partial charge in [0.25, 0.3) is 5.91 Å². The van der Waals surface area contributed by atoms with Crippen LogP contribution in [0.3, 0.4) is 0 Å². The highest BCUT2D eigenvalue weighted by Gasteiger charge is 2.33. The van der Waals surface area contributed by atoms with Gasteiger partial charge in [0.15, 0.2) is 11.5 Å². The fourth-order valence-electron chi connectivity index (χ4n) is 2.31. The lowest BCUT2D eigenvalue weighted by Gasteiger charge is -2.31. The molecule has 1 aliphatic heterocycles. The van der Waals surface area contributed by atoms with E-state index in [9.17, 15) is 4.79 Å². The first-order valence-corrected chi connectivity index (χ1v) is 7.53. The molecule has 0 aliphatic carbocycles. The molecule has 5 heteroatoms. The van der Waals surface area contributed by atoms with E-state index in [4.69, 9.17) is 14.6 Å². The number of para-hydroxylation sites is 2. The molecule has 0 aromatic heterocycles. The minimum atomic E-state index is -0.614. The minimum absolute atomic E-state index is 0.140. The quantitative estimate of drug-likeness (QED) is 0.753. The van der Waals surface area contributed by atoms with Gasteiger partial charge in [-0.2, -0.15) is 0 Å². The van der Waals surface area contributed by atoms with Gasteiger partial charge in [0.1, 0.15) is 6.10 Å². The van der Waals surface area contributed by atoms with Crippen LogP contribution in [0.5, 0.6) is 11.5 Å². The number of aliphatic hydroxyl groups is 1. The van der Waals surface area contributed by atoms with Gasteiger partial charge < -0.3 is 19.9 Å². The lowest BCUT2D eigenvalue weighted by atomic mass is 10.1. The smallest absolute Gasteiger partial charge is 0.265 e. The summed E-state index contributed by atoms with van der Waals surface area (Å²) in [5.74, 6) is 1.15. The maximum absolute atomic E-state index is 12.2. The monoisotopic (exact) mass is 293 g/mol. The zero-order valence-corrected chi connectivity index (χ0v) is 12.4. The van der Waals surface area contributed by atoms with Crippen LogP contribution in [0.1, 0.15) is 32.6 Å². The Morgan fingerprint density at radius 2 is 1.81 bits per heavy atom. The van der Waals surface area contributed by atoms with Crippen LogP contribution in [0.2, 0.25) is 0 Å². The Hall–Kier alpha value is -1.75. The van der Waals surface area contributed by atoms with Crippen molar-refractivity contribution >= 4 is 5.91 Å². The van der Waals surface area contributed by atoms with Crippen LogP contribution in [0, 0.1) is 0 Å². The highest BCUT2D eigenvalue weighted by Crippen LogP contribution is 2.33. The van der Waals surface area contributed by atoms with E-state index in [-0.39, 0.29) is 18.6 Å². The molecule has 0 saturated heterocycles. The van der Waals surface area contributed by atoms with Gasteiger partial charge in [-0.15, -0.1) is 0 Å². The number of fused-ring (bicyclic) bond motifs is 1. The number of unbranched alkanes of at least 4 members (excludes halogenated alkanes) is 3. The molecule has 1 amide bonds. The molecular formula is C16H23NO4. The van der Waals surface area contributed by atoms with Crippen LogP contribution >= 0.6 is 0 Å². The SMILES string of the molecule is CC1Oc2ccccc2OC1C(=O)NCCCCCCO. The van der Waals surface area contributed by atoms with E-state index >= 15 is 0 Å². The zero-order valence-electron chi connectivity index (χ0n) is 12.4. The number of rotatable bonds is 7. The number of hydrogen-bond acceptors (Lipinski definition) is 4. The molecule has 2 atom stereocenters. The summed E-state index contributed by atoms with van der Waals surface area (Å²) in [4.78, 5) is 12.2. The first kappa shape index (κ1) is 15.6. The summed E-state index contributed by atoms with van der Waals surface area (Å²) < 4.78 is 11.4. The third-order valence-corrected chi connectivity index (χ3v) is 3.48. The number of benzene rings is 1. The van der Waals surface area contributed by atoms with Crippen molar-refractivity contribution in [2.24, 2.45) is 0 Å². The maximum Gasteiger partial charge on any atom is 0.265 e. The average molecular weight is 293 g/mol. The van der Waals surface area contributed by atoms with E-state index in [1.165, 1.54) is 0 Å². The van der Waals surface area contributed by atoms with Crippen molar-refractivity contribution < 1.29 is 19.4 Å². The third-order valence-electron chi connectivity index (χ3n) is 3.48. The van der Waals surface area contributed by atoms with Crippen LogP contribution in [0.4, 0.5) is 0 Å². The second kappa shape index (κ2) is 7.88. The fraction of sp³-hybridized carbons (Fsp3) is 0.562. The molecule has 116 valence electrons. The van der Waals surface area contributed by atoms with Crippen LogP contribution < -0.4 is 14.8 Å². The van der Waals surface area contributed by atoms with E-state index in [2.05, 4.69) is 5.32 Å². The summed E-state index contributed by atoms with van der Waals surface area (Å²) in [6, 6.07) is 7.37. The molecule has 0 spiro atoms. The average Bonchev–Trinajstić information content (AvgIpc) is 2.49. The highest BCUT2D eigenvalue weighted by atomic mass is 16.6. The number of carbonyl (C=O) groups excluding carboxylic acids is 1. The van der Waals surface area contributed by atoms with Gasteiger partial charge in [-0.25, -0.2) is 0 Å². The number of carbonyl (C=O) groups is 1. The van der Waals surface area contributed by atoms with Gasteiger partial charge in [0.2, 0.25) is 6.10 Å². The van der Waals surface area contributed by atoms with E-state index in [1.54, 1.807) is 6.07 Å². The molecule has 5 nitrogen and oxygen atoms in total. The van der Waals surface area contributed by atoms with Gasteiger partial charge in [-0.3, -0.25) is 4.79 Å². The maximum atomic E-state index is 12.2. The number of hydrogen-bond donors (Lipinski definition) is 2. The molecule has 0 saturated carbocycles. The topological polar surface area (TPSA) is 67.8 Å². The number of ether oxygens (including phenoxy) is 2. The summed E-state index contributed by atoms with van der Waals surface area (Å²) in [7, 11) is 0. The summed E-state index contributed by atoms with van der Waals surface area (Å²) in [5.41, 5.74) is 0. The van der Waals surface area contributed by atoms with Gasteiger partial charge in [0.05, 0.1) is 0 Å². The summed E-state index contributed by atoms with van der Waals surface area (Å²) in [6.07, 6.45) is 2.79. The van der Waals surface area contributed by atoms with Crippen LogP contribution in [0.25, 0.3) is 0 Å². The molecule has 0 bridgehead atoms. The van der Waals surface area contributed by atoms with Crippen LogP contribution in [0.15, 0.2) is 24.3 Å². The van der Waals surface area contributed by atoms with Crippen molar-refractivity contribution in [3.8, 4) is 11.5 Å². The molecule has 2 N–H and O–H groups in total. The Labute approximate surface area is 125 Å². The van der Waals surface area contributed by atoms with E-state index in [0.717, 1.165) is 25.7 Å². The van der Waals surface area contributed by atoms with Gasteiger partial charge in [-0.1, -0.05) is 25.0 Å². The number of aliphatic hydroxyl groups excluding tert-OH is 1. The lowest BCUT2D eigenvalue weighted by molar-refractivity contribution is -0.133. The molecule has 2 rings (SSSR count). The van der Waals surface area contributed by atoms with Crippen molar-refractivity contribution in [3.05, 3.63) is 24.3 Å². The van der Waals surface area contributed by atoms with Gasteiger partial charge >= 0.3 is 0 Å². The van der Waals surface area contributed by atoms with Crippen molar-refractivity contribution in [2.75, 3.05) is 13.2 Å². The fourth-order valence-corrected chi connectivity index (χ4v) is 2.31. The largest absolute Gasteiger partial charge is 0.482 e. The van der Waals surface area contributed by atoms with Crippen LogP contribution in [-0.2, 0) is 4.79 Å². The normalized spacial score (nSPS) is 20.1. The van der Waals surface area contributed by atoms with Gasteiger partial charge in [0, 0.05) is 13.2 Å². The first-order valence-electron chi connectivity index (χ1n) is 7.53. The number of amides is 1. The van der Waals surface area contributed by atoms with Crippen molar-refractivity contribution in [3.63, 3.8) is 0 Å². The first-order chi connectivity index (χ1) is 10.2. The predicted octanol–water partition coefficient (Wildman–Crippen LogP) is 1.88. The van der Waals surface area contributed by atoms with Crippen LogP contribution in [-0.4, -0.2) is 36.4 Å². The van der Waals surface area contributed by atoms with Crippen molar-refractivity contribution in [2.45, 2.75) is 44.8 Å². The molecule has 0 fully saturated rings. The standard InChI is InChI=1S/C16H23NO4/c1-12-15(16(19)17-10-6-2-3-7-11-18)21-14-9-5-4-8-13(14)20-12/h4-5,8-9,12,15,18H,2-3,6-7,10-11H2,1H3,(H,17,19). The predicted molar refractivity (Wildman–Crippen MR) is 79.5 cm³/mol. The third kappa shape index (κ3) is 4.36. The Morgan fingerprint density at radius 3 is 2.52 bits per heavy atom. The Morgan fingerprint density at radius 1 is 1.14 bits per heavy atom. The zero-order chi connectivity index (χ0) is 15.1. The number of nitrogens with one attached hydrogen (secondary N) is 1. The summed E-state index contributed by atoms with van der Waals surface area (Å²) in [5, 5.41) is 11.6. The van der Waals surface area contributed by atoms with Gasteiger partial charge in [-0.05, 0) is 31.9 Å². The molecule has 1 aromatic rings. The molecule has 1 heterocycles. The highest BCUT2D eigenvalue weighted by molar-refractivity contribution is 5.82. The second-order valence-corrected chi connectivity index (χ2v) is 5.24. The molecule has 1 aromatic carbocycles. The summed E-state index contributed by atoms with van der Waals surface area (Å²) in [6.45, 7) is 2.69. The van der Waals surface area contributed by atoms with E-state index in [0.29, 0.717) is 18.0 Å². The molecule has 21 heavy (non-hydrogen) atoms. The second-order valence-electron chi connectivity index (χ2n) is 5.24. The molecule has 1 aliphatic rings. The lowest BCUT2D eigenvalue weighted by Crippen LogP contribution is -2.49. The van der Waals surface area contributed by atoms with E-state index < -0.39 is 6.10 Å². The van der Waals surface area contributed by atoms with Crippen molar-refractivity contribution in [1.82, 2.24) is 5.32 Å². The Balaban J connectivity index is 1.78. The minimum Gasteiger partial charge on any atom is -0.482 e. The van der Waals surface area contributed by atoms with E-state index in [1.807, 2.05) is 25.1 Å². The van der Waals surface area contributed by atoms with Crippen molar-refractivity contribution in [1.29, 1.82) is 0 Å². The molecular weight excluding hydrogens is 270 g/mol.